The van der Waals surface area contributed by atoms with Gasteiger partial charge in [0.15, 0.2) is 10.9 Å². The summed E-state index contributed by atoms with van der Waals surface area (Å²) in [5.41, 5.74) is 2.51. The van der Waals surface area contributed by atoms with Crippen molar-refractivity contribution < 1.29 is 18.9 Å². The van der Waals surface area contributed by atoms with Crippen LogP contribution in [0.2, 0.25) is 0 Å². The third kappa shape index (κ3) is 5.87. The van der Waals surface area contributed by atoms with Gasteiger partial charge in [0.25, 0.3) is 17.5 Å². The molecule has 10 nitrogen and oxygen atoms in total. The van der Waals surface area contributed by atoms with Crippen LogP contribution < -0.4 is 20.9 Å². The summed E-state index contributed by atoms with van der Waals surface area (Å²) >= 11 is 5.26. The number of piperidine rings is 1. The molecule has 0 atom stereocenters. The van der Waals surface area contributed by atoms with Gasteiger partial charge in [0.1, 0.15) is 5.69 Å². The number of benzene rings is 2. The van der Waals surface area contributed by atoms with Gasteiger partial charge in [-0.25, -0.2) is 0 Å². The highest BCUT2D eigenvalue weighted by Gasteiger charge is 2.23. The lowest BCUT2D eigenvalue weighted by atomic mass is 10.1. The quantitative estimate of drug-likeness (QED) is 0.245. The van der Waals surface area contributed by atoms with Crippen molar-refractivity contribution in [3.8, 4) is 0 Å². The average Bonchev–Trinajstić information content (AvgIpc) is 3.41. The van der Waals surface area contributed by atoms with Gasteiger partial charge in [-0.05, 0) is 86.4 Å². The van der Waals surface area contributed by atoms with Crippen molar-refractivity contribution in [1.82, 2.24) is 5.32 Å². The largest absolute Gasteiger partial charge is 0.459 e. The zero-order valence-electron chi connectivity index (χ0n) is 19.6. The van der Waals surface area contributed by atoms with E-state index in [-0.39, 0.29) is 28.0 Å². The van der Waals surface area contributed by atoms with Crippen molar-refractivity contribution >= 4 is 51.9 Å². The Hall–Kier alpha value is -4.25. The first-order valence-corrected chi connectivity index (χ1v) is 11.8. The van der Waals surface area contributed by atoms with Crippen LogP contribution in [0.1, 0.15) is 45.7 Å². The predicted molar refractivity (Wildman–Crippen MR) is 141 cm³/mol. The Balaban J connectivity index is 1.39. The minimum atomic E-state index is -0.556. The second-order valence-electron chi connectivity index (χ2n) is 8.38. The highest BCUT2D eigenvalue weighted by atomic mass is 32.1. The van der Waals surface area contributed by atoms with E-state index in [9.17, 15) is 19.7 Å². The van der Waals surface area contributed by atoms with Crippen molar-refractivity contribution in [2.45, 2.75) is 26.2 Å². The number of anilines is 3. The average molecular weight is 508 g/mol. The molecule has 0 radical (unpaired) electrons. The second kappa shape index (κ2) is 11.0. The van der Waals surface area contributed by atoms with Crippen LogP contribution in [-0.4, -0.2) is 34.9 Å². The Kier molecular flexibility index (Phi) is 7.59. The monoisotopic (exact) mass is 507 g/mol. The van der Waals surface area contributed by atoms with Crippen LogP contribution in [0.3, 0.4) is 0 Å². The molecule has 1 aliphatic rings. The lowest BCUT2D eigenvalue weighted by Gasteiger charge is -2.28. The Bertz CT molecular complexity index is 1300. The number of thiocarbonyl (C=S) groups is 1. The number of furan rings is 1. The molecule has 3 N–H and O–H groups in total. The van der Waals surface area contributed by atoms with Gasteiger partial charge in [-0.1, -0.05) is 0 Å². The summed E-state index contributed by atoms with van der Waals surface area (Å²) < 4.78 is 5.09. The number of hydrogen-bond donors (Lipinski definition) is 3. The first-order chi connectivity index (χ1) is 17.3. The number of hydrogen-bond acceptors (Lipinski definition) is 7. The lowest BCUT2D eigenvalue weighted by molar-refractivity contribution is -0.384. The molecule has 1 aliphatic heterocycles. The molecule has 1 saturated heterocycles. The number of aryl methyl sites for hydroxylation is 1. The van der Waals surface area contributed by atoms with Gasteiger partial charge in [-0.3, -0.25) is 25.0 Å². The molecule has 2 aromatic carbocycles. The first kappa shape index (κ1) is 24.9. The molecular weight excluding hydrogens is 482 g/mol. The summed E-state index contributed by atoms with van der Waals surface area (Å²) in [5, 5.41) is 20.0. The van der Waals surface area contributed by atoms with E-state index in [1.165, 1.54) is 12.3 Å². The van der Waals surface area contributed by atoms with E-state index in [4.69, 9.17) is 16.6 Å². The lowest BCUT2D eigenvalue weighted by Crippen LogP contribution is -2.34. The fourth-order valence-corrected chi connectivity index (χ4v) is 4.23. The SMILES string of the molecule is Cc1cc(NC(=S)NC(=O)c2ccc(N3CCCCC3)c([N+](=O)[O-])c2)ccc1NC(=O)c1ccco1. The predicted octanol–water partition coefficient (Wildman–Crippen LogP) is 4.87. The van der Waals surface area contributed by atoms with E-state index in [1.54, 1.807) is 42.5 Å². The van der Waals surface area contributed by atoms with Crippen LogP contribution in [0.25, 0.3) is 0 Å². The Morgan fingerprint density at radius 2 is 1.81 bits per heavy atom. The van der Waals surface area contributed by atoms with Crippen LogP contribution >= 0.6 is 12.2 Å². The third-order valence-electron chi connectivity index (χ3n) is 5.84. The van der Waals surface area contributed by atoms with Gasteiger partial charge in [0.2, 0.25) is 0 Å². The van der Waals surface area contributed by atoms with Gasteiger partial charge in [0, 0.05) is 36.1 Å². The van der Waals surface area contributed by atoms with Crippen molar-refractivity contribution in [1.29, 1.82) is 0 Å². The number of carbonyl (C=O) groups is 2. The Morgan fingerprint density at radius 3 is 2.47 bits per heavy atom. The first-order valence-electron chi connectivity index (χ1n) is 11.4. The number of rotatable bonds is 6. The van der Waals surface area contributed by atoms with Gasteiger partial charge in [0.05, 0.1) is 11.2 Å². The summed E-state index contributed by atoms with van der Waals surface area (Å²) in [6, 6.07) is 12.8. The molecule has 36 heavy (non-hydrogen) atoms. The summed E-state index contributed by atoms with van der Waals surface area (Å²) in [6.07, 6.45) is 4.49. The molecule has 0 bridgehead atoms. The standard InChI is InChI=1S/C25H25N5O5S/c1-16-14-18(8-9-19(16)27-24(32)22-6-5-13-35-22)26-25(36)28-23(31)17-7-10-20(21(15-17)30(33)34)29-11-3-2-4-12-29/h5-10,13-15H,2-4,11-12H2,1H3,(H,27,32)(H2,26,28,31,36). The van der Waals surface area contributed by atoms with Crippen molar-refractivity contribution in [2.24, 2.45) is 0 Å². The van der Waals surface area contributed by atoms with E-state index in [0.717, 1.165) is 37.9 Å². The molecule has 0 unspecified atom stereocenters. The zero-order chi connectivity index (χ0) is 25.7. The van der Waals surface area contributed by atoms with E-state index >= 15 is 0 Å². The topological polar surface area (TPSA) is 130 Å². The number of nitro benzene ring substituents is 1. The molecule has 3 aromatic rings. The maximum Gasteiger partial charge on any atom is 0.293 e. The van der Waals surface area contributed by atoms with E-state index < -0.39 is 10.8 Å². The highest BCUT2D eigenvalue weighted by molar-refractivity contribution is 7.80. The van der Waals surface area contributed by atoms with Gasteiger partial charge in [-0.2, -0.15) is 0 Å². The summed E-state index contributed by atoms with van der Waals surface area (Å²) in [7, 11) is 0. The number of nitro groups is 1. The number of nitrogens with one attached hydrogen (secondary N) is 3. The Morgan fingerprint density at radius 1 is 1.03 bits per heavy atom. The molecular formula is C25H25N5O5S. The van der Waals surface area contributed by atoms with E-state index in [2.05, 4.69) is 16.0 Å². The van der Waals surface area contributed by atoms with Gasteiger partial charge >= 0.3 is 0 Å². The molecule has 4 rings (SSSR count). The third-order valence-corrected chi connectivity index (χ3v) is 6.04. The van der Waals surface area contributed by atoms with Crippen LogP contribution in [0.15, 0.2) is 59.2 Å². The molecule has 186 valence electrons. The maximum absolute atomic E-state index is 12.7. The molecule has 2 heterocycles. The number of nitrogens with zero attached hydrogens (tertiary/aromatic N) is 2. The molecule has 1 aromatic heterocycles. The fourth-order valence-electron chi connectivity index (χ4n) is 4.02. The molecule has 0 aliphatic carbocycles. The zero-order valence-corrected chi connectivity index (χ0v) is 20.4. The van der Waals surface area contributed by atoms with Crippen molar-refractivity contribution in [3.63, 3.8) is 0 Å². The van der Waals surface area contributed by atoms with Gasteiger partial charge < -0.3 is 20.0 Å². The molecule has 1 fully saturated rings. The van der Waals surface area contributed by atoms with Crippen LogP contribution in [-0.2, 0) is 0 Å². The summed E-state index contributed by atoms with van der Waals surface area (Å²) in [4.78, 5) is 38.1. The molecule has 0 saturated carbocycles. The summed E-state index contributed by atoms with van der Waals surface area (Å²) in [6.45, 7) is 3.32. The van der Waals surface area contributed by atoms with Crippen LogP contribution in [0.5, 0.6) is 0 Å². The van der Waals surface area contributed by atoms with Crippen LogP contribution in [0, 0.1) is 17.0 Å². The summed E-state index contributed by atoms with van der Waals surface area (Å²) in [5.74, 6) is -0.725. The Labute approximate surface area is 212 Å². The second-order valence-corrected chi connectivity index (χ2v) is 8.79. The smallest absolute Gasteiger partial charge is 0.293 e. The fraction of sp³-hybridized carbons (Fsp3) is 0.240. The number of amides is 2. The van der Waals surface area contributed by atoms with Crippen molar-refractivity contribution in [3.05, 3.63) is 81.8 Å². The van der Waals surface area contributed by atoms with E-state index in [1.807, 2.05) is 11.8 Å². The number of carbonyl (C=O) groups excluding carboxylic acids is 2. The van der Waals surface area contributed by atoms with Gasteiger partial charge in [-0.15, -0.1) is 0 Å². The normalized spacial score (nSPS) is 13.1. The maximum atomic E-state index is 12.7. The van der Waals surface area contributed by atoms with Crippen LogP contribution in [0.4, 0.5) is 22.7 Å². The minimum absolute atomic E-state index is 0.0366. The molecule has 0 spiro atoms. The molecule has 11 heteroatoms. The molecule has 2 amide bonds. The van der Waals surface area contributed by atoms with E-state index in [0.29, 0.717) is 17.1 Å². The highest BCUT2D eigenvalue weighted by Crippen LogP contribution is 2.31. The minimum Gasteiger partial charge on any atom is -0.459 e. The van der Waals surface area contributed by atoms with Crippen molar-refractivity contribution in [2.75, 3.05) is 28.6 Å².